The first-order valence-corrected chi connectivity index (χ1v) is 6.00. The average molecular weight is 292 g/mol. The highest BCUT2D eigenvalue weighted by atomic mass is 19.1. The Morgan fingerprint density at radius 3 is 2.86 bits per heavy atom. The predicted octanol–water partition coefficient (Wildman–Crippen LogP) is 1.91. The van der Waals surface area contributed by atoms with Crippen LogP contribution in [0.15, 0.2) is 30.6 Å². The molecule has 0 bridgehead atoms. The molecule has 0 aliphatic rings. The Bertz CT molecular complexity index is 657. The standard InChI is InChI=1S/C13H13FN4O3/c1-18(7-11-15-4-5-16-11)13(21)17-10-6-8(14)2-3-9(10)12(19)20/h2-6H,7H2,1H3,(H,15,16)(H,17,21)(H,19,20). The van der Waals surface area contributed by atoms with Crippen LogP contribution < -0.4 is 5.32 Å². The molecule has 7 nitrogen and oxygen atoms in total. The van der Waals surface area contributed by atoms with E-state index in [0.717, 1.165) is 18.2 Å². The third kappa shape index (κ3) is 3.56. The van der Waals surface area contributed by atoms with Crippen molar-refractivity contribution >= 4 is 17.7 Å². The van der Waals surface area contributed by atoms with Crippen LogP contribution in [-0.2, 0) is 6.54 Å². The van der Waals surface area contributed by atoms with Gasteiger partial charge >= 0.3 is 12.0 Å². The maximum absolute atomic E-state index is 13.2. The van der Waals surface area contributed by atoms with Crippen molar-refractivity contribution < 1.29 is 19.1 Å². The van der Waals surface area contributed by atoms with Crippen molar-refractivity contribution in [3.63, 3.8) is 0 Å². The molecule has 2 rings (SSSR count). The molecule has 1 aromatic carbocycles. The first-order chi connectivity index (χ1) is 9.97. The second-order valence-corrected chi connectivity index (χ2v) is 4.32. The van der Waals surface area contributed by atoms with Crippen molar-refractivity contribution in [3.8, 4) is 0 Å². The molecule has 0 aliphatic heterocycles. The Morgan fingerprint density at radius 1 is 1.48 bits per heavy atom. The van der Waals surface area contributed by atoms with Gasteiger partial charge in [0.15, 0.2) is 0 Å². The molecule has 2 aromatic rings. The summed E-state index contributed by atoms with van der Waals surface area (Å²) in [5, 5.41) is 11.4. The fourth-order valence-corrected chi connectivity index (χ4v) is 1.70. The Morgan fingerprint density at radius 2 is 2.24 bits per heavy atom. The Hall–Kier alpha value is -2.90. The monoisotopic (exact) mass is 292 g/mol. The predicted molar refractivity (Wildman–Crippen MR) is 72.4 cm³/mol. The van der Waals surface area contributed by atoms with Crippen LogP contribution in [0.5, 0.6) is 0 Å². The maximum atomic E-state index is 13.2. The van der Waals surface area contributed by atoms with E-state index in [0.29, 0.717) is 5.82 Å². The number of amides is 2. The number of nitrogens with one attached hydrogen (secondary N) is 2. The molecule has 1 aromatic heterocycles. The van der Waals surface area contributed by atoms with Crippen LogP contribution in [0.3, 0.4) is 0 Å². The molecule has 0 atom stereocenters. The highest BCUT2D eigenvalue weighted by molar-refractivity contribution is 5.99. The maximum Gasteiger partial charge on any atom is 0.337 e. The molecule has 0 unspecified atom stereocenters. The first-order valence-electron chi connectivity index (χ1n) is 6.00. The largest absolute Gasteiger partial charge is 0.478 e. The Kier molecular flexibility index (Phi) is 4.17. The van der Waals surface area contributed by atoms with Crippen LogP contribution in [0.2, 0.25) is 0 Å². The molecule has 1 heterocycles. The quantitative estimate of drug-likeness (QED) is 0.801. The third-order valence-corrected chi connectivity index (χ3v) is 2.74. The number of H-pyrrole nitrogens is 1. The van der Waals surface area contributed by atoms with Gasteiger partial charge in [0.05, 0.1) is 17.8 Å². The fourth-order valence-electron chi connectivity index (χ4n) is 1.70. The number of urea groups is 1. The molecule has 0 saturated heterocycles. The number of halogens is 1. The zero-order valence-electron chi connectivity index (χ0n) is 11.1. The summed E-state index contributed by atoms with van der Waals surface area (Å²) in [6.45, 7) is 0.205. The summed E-state index contributed by atoms with van der Waals surface area (Å²) in [7, 11) is 1.51. The van der Waals surface area contributed by atoms with E-state index in [4.69, 9.17) is 5.11 Å². The van der Waals surface area contributed by atoms with Gasteiger partial charge in [0.1, 0.15) is 11.6 Å². The van der Waals surface area contributed by atoms with E-state index in [9.17, 15) is 14.0 Å². The highest BCUT2D eigenvalue weighted by Crippen LogP contribution is 2.18. The number of anilines is 1. The minimum Gasteiger partial charge on any atom is -0.478 e. The zero-order chi connectivity index (χ0) is 15.4. The molecule has 21 heavy (non-hydrogen) atoms. The van der Waals surface area contributed by atoms with Crippen molar-refractivity contribution in [1.82, 2.24) is 14.9 Å². The molecule has 0 spiro atoms. The first kappa shape index (κ1) is 14.5. The van der Waals surface area contributed by atoms with Crippen LogP contribution in [0.1, 0.15) is 16.2 Å². The lowest BCUT2D eigenvalue weighted by Crippen LogP contribution is -2.31. The molecule has 0 saturated carbocycles. The lowest BCUT2D eigenvalue weighted by molar-refractivity contribution is 0.0698. The molecule has 0 fully saturated rings. The summed E-state index contributed by atoms with van der Waals surface area (Å²) in [4.78, 5) is 31.1. The molecular weight excluding hydrogens is 279 g/mol. The second kappa shape index (κ2) is 6.04. The third-order valence-electron chi connectivity index (χ3n) is 2.74. The van der Waals surface area contributed by atoms with Crippen LogP contribution in [0, 0.1) is 5.82 Å². The Labute approximate surface area is 119 Å². The number of carboxylic acids is 1. The van der Waals surface area contributed by atoms with E-state index in [-0.39, 0.29) is 17.8 Å². The van der Waals surface area contributed by atoms with Gasteiger partial charge in [0, 0.05) is 19.4 Å². The van der Waals surface area contributed by atoms with E-state index in [1.165, 1.54) is 11.9 Å². The Balaban J connectivity index is 2.11. The lowest BCUT2D eigenvalue weighted by Gasteiger charge is -2.17. The molecule has 2 amide bonds. The van der Waals surface area contributed by atoms with Gasteiger partial charge in [-0.25, -0.2) is 19.0 Å². The topological polar surface area (TPSA) is 98.3 Å². The van der Waals surface area contributed by atoms with Gasteiger partial charge in [-0.3, -0.25) is 0 Å². The number of imidazole rings is 1. The van der Waals surface area contributed by atoms with Crippen molar-refractivity contribution in [2.45, 2.75) is 6.54 Å². The summed E-state index contributed by atoms with van der Waals surface area (Å²) in [5.41, 5.74) is -0.282. The van der Waals surface area contributed by atoms with E-state index in [1.54, 1.807) is 12.4 Å². The molecule has 0 aliphatic carbocycles. The van der Waals surface area contributed by atoms with Gasteiger partial charge in [-0.15, -0.1) is 0 Å². The summed E-state index contributed by atoms with van der Waals surface area (Å²) in [6, 6.07) is 2.51. The van der Waals surface area contributed by atoms with Gasteiger partial charge in [-0.05, 0) is 18.2 Å². The SMILES string of the molecule is CN(Cc1ncc[nH]1)C(=O)Nc1cc(F)ccc1C(=O)O. The van der Waals surface area contributed by atoms with Crippen LogP contribution in [0.4, 0.5) is 14.9 Å². The number of carbonyl (C=O) groups excluding carboxylic acids is 1. The average Bonchev–Trinajstić information content (AvgIpc) is 2.91. The molecule has 110 valence electrons. The van der Waals surface area contributed by atoms with E-state index < -0.39 is 17.8 Å². The number of benzene rings is 1. The molecule has 3 N–H and O–H groups in total. The summed E-state index contributed by atoms with van der Waals surface area (Å²) in [5.74, 6) is -1.31. The minimum absolute atomic E-state index is 0.0983. The number of aromatic nitrogens is 2. The molecular formula is C13H13FN4O3. The second-order valence-electron chi connectivity index (χ2n) is 4.32. The van der Waals surface area contributed by atoms with E-state index >= 15 is 0 Å². The fraction of sp³-hybridized carbons (Fsp3) is 0.154. The normalized spacial score (nSPS) is 10.2. The summed E-state index contributed by atoms with van der Waals surface area (Å²) < 4.78 is 13.2. The van der Waals surface area contributed by atoms with Crippen molar-refractivity contribution in [2.75, 3.05) is 12.4 Å². The number of carboxylic acid groups (broad SMARTS) is 1. The lowest BCUT2D eigenvalue weighted by atomic mass is 10.2. The van der Waals surface area contributed by atoms with Gasteiger partial charge < -0.3 is 20.3 Å². The number of rotatable bonds is 4. The number of hydrogen-bond acceptors (Lipinski definition) is 3. The zero-order valence-corrected chi connectivity index (χ0v) is 11.1. The smallest absolute Gasteiger partial charge is 0.337 e. The summed E-state index contributed by atoms with van der Waals surface area (Å²) >= 11 is 0. The number of aromatic carboxylic acids is 1. The number of carbonyl (C=O) groups is 2. The number of nitrogens with zero attached hydrogens (tertiary/aromatic N) is 2. The van der Waals surface area contributed by atoms with Crippen molar-refractivity contribution in [3.05, 3.63) is 47.8 Å². The van der Waals surface area contributed by atoms with Crippen LogP contribution in [0.25, 0.3) is 0 Å². The van der Waals surface area contributed by atoms with Crippen molar-refractivity contribution in [2.24, 2.45) is 0 Å². The minimum atomic E-state index is -1.25. The molecule has 8 heteroatoms. The van der Waals surface area contributed by atoms with Gasteiger partial charge in [-0.1, -0.05) is 0 Å². The highest BCUT2D eigenvalue weighted by Gasteiger charge is 2.16. The van der Waals surface area contributed by atoms with E-state index in [1.807, 2.05) is 0 Å². The number of aromatic amines is 1. The van der Waals surface area contributed by atoms with Gasteiger partial charge in [-0.2, -0.15) is 0 Å². The van der Waals surface area contributed by atoms with Crippen LogP contribution in [-0.4, -0.2) is 39.0 Å². The summed E-state index contributed by atoms with van der Waals surface area (Å²) in [6.07, 6.45) is 3.17. The molecule has 0 radical (unpaired) electrons. The van der Waals surface area contributed by atoms with E-state index in [2.05, 4.69) is 15.3 Å². The van der Waals surface area contributed by atoms with Crippen LogP contribution >= 0.6 is 0 Å². The van der Waals surface area contributed by atoms with Crippen molar-refractivity contribution in [1.29, 1.82) is 0 Å². The van der Waals surface area contributed by atoms with Gasteiger partial charge in [0.25, 0.3) is 0 Å². The number of hydrogen-bond donors (Lipinski definition) is 3. The van der Waals surface area contributed by atoms with Gasteiger partial charge in [0.2, 0.25) is 0 Å².